The summed E-state index contributed by atoms with van der Waals surface area (Å²) in [4.78, 5) is 0. The van der Waals surface area contributed by atoms with E-state index in [0.29, 0.717) is 0 Å². The van der Waals surface area contributed by atoms with E-state index in [1.807, 2.05) is 6.07 Å². The number of ether oxygens (including phenoxy) is 1. The van der Waals surface area contributed by atoms with Crippen LogP contribution in [-0.4, -0.2) is 24.2 Å². The summed E-state index contributed by atoms with van der Waals surface area (Å²) in [5.41, 5.74) is 1.31. The summed E-state index contributed by atoms with van der Waals surface area (Å²) in [6.45, 7) is 5.01. The van der Waals surface area contributed by atoms with Crippen molar-refractivity contribution in [2.75, 3.05) is 18.9 Å². The van der Waals surface area contributed by atoms with Crippen molar-refractivity contribution < 1.29 is 4.74 Å². The molecule has 1 aromatic rings. The number of hydrogen-bond acceptors (Lipinski definition) is 3. The summed E-state index contributed by atoms with van der Waals surface area (Å²) in [7, 11) is 0. The van der Waals surface area contributed by atoms with Gasteiger partial charge in [-0.25, -0.2) is 0 Å². The van der Waals surface area contributed by atoms with E-state index in [4.69, 9.17) is 4.74 Å². The predicted octanol–water partition coefficient (Wildman–Crippen LogP) is 3.85. The maximum Gasteiger partial charge on any atom is 0.119 e. The van der Waals surface area contributed by atoms with Gasteiger partial charge in [0.1, 0.15) is 5.75 Å². The molecule has 1 unspecified atom stereocenters. The van der Waals surface area contributed by atoms with E-state index in [2.05, 4.69) is 42.2 Å². The van der Waals surface area contributed by atoms with Gasteiger partial charge in [0.2, 0.25) is 0 Å². The van der Waals surface area contributed by atoms with E-state index >= 15 is 0 Å². The quantitative estimate of drug-likeness (QED) is 0.819. The van der Waals surface area contributed by atoms with Crippen LogP contribution in [0.5, 0.6) is 5.75 Å². The summed E-state index contributed by atoms with van der Waals surface area (Å²) in [5.74, 6) is 2.33. The van der Waals surface area contributed by atoms with Gasteiger partial charge in [-0.3, -0.25) is 0 Å². The number of nitrogens with one attached hydrogen (secondary N) is 1. The molecule has 1 atom stereocenters. The molecule has 3 heteroatoms. The van der Waals surface area contributed by atoms with Crippen LogP contribution in [0.1, 0.15) is 38.2 Å². The normalized spacial score (nSPS) is 19.3. The zero-order valence-corrected chi connectivity index (χ0v) is 12.7. The zero-order valence-electron chi connectivity index (χ0n) is 11.9. The van der Waals surface area contributed by atoms with Crippen LogP contribution in [0, 0.1) is 0 Å². The van der Waals surface area contributed by atoms with Crippen LogP contribution in [0.2, 0.25) is 0 Å². The third kappa shape index (κ3) is 5.45. The molecule has 106 valence electrons. The lowest BCUT2D eigenvalue weighted by molar-refractivity contribution is 0.317. The maximum absolute atomic E-state index is 5.66. The van der Waals surface area contributed by atoms with Crippen molar-refractivity contribution in [3.8, 4) is 5.75 Å². The minimum absolute atomic E-state index is 0.801. The Bertz CT molecular complexity index is 364. The van der Waals surface area contributed by atoms with Gasteiger partial charge in [-0.2, -0.15) is 11.8 Å². The van der Waals surface area contributed by atoms with Crippen molar-refractivity contribution in [2.45, 2.75) is 44.4 Å². The first kappa shape index (κ1) is 14.7. The molecule has 1 aliphatic rings. The predicted molar refractivity (Wildman–Crippen MR) is 84.0 cm³/mol. The molecule has 1 fully saturated rings. The topological polar surface area (TPSA) is 21.3 Å². The molecule has 1 heterocycles. The highest BCUT2D eigenvalue weighted by atomic mass is 32.2. The van der Waals surface area contributed by atoms with Crippen LogP contribution in [0.15, 0.2) is 24.3 Å². The van der Waals surface area contributed by atoms with Gasteiger partial charge < -0.3 is 10.1 Å². The summed E-state index contributed by atoms with van der Waals surface area (Å²) < 4.78 is 5.66. The Morgan fingerprint density at radius 3 is 3.11 bits per heavy atom. The largest absolute Gasteiger partial charge is 0.494 e. The van der Waals surface area contributed by atoms with Crippen molar-refractivity contribution in [3.05, 3.63) is 29.8 Å². The van der Waals surface area contributed by atoms with Crippen LogP contribution in [0.25, 0.3) is 0 Å². The first-order valence-corrected chi connectivity index (χ1v) is 8.47. The minimum atomic E-state index is 0.801. The number of thioether (sulfide) groups is 1. The molecule has 1 aliphatic heterocycles. The third-order valence-corrected chi connectivity index (χ3v) is 4.74. The molecular formula is C16H25NOS. The molecular weight excluding hydrogens is 254 g/mol. The van der Waals surface area contributed by atoms with Crippen LogP contribution in [-0.2, 0) is 6.54 Å². The summed E-state index contributed by atoms with van der Waals surface area (Å²) in [6, 6.07) is 8.43. The molecule has 2 nitrogen and oxygen atoms in total. The standard InChI is InChI=1S/C16H25NOS/c1-2-9-18-15-7-5-6-14(11-15)12-17-13-16-8-3-4-10-19-16/h5-7,11,16-17H,2-4,8-10,12-13H2,1H3. The molecule has 0 spiro atoms. The fraction of sp³-hybridized carbons (Fsp3) is 0.625. The Morgan fingerprint density at radius 1 is 1.37 bits per heavy atom. The summed E-state index contributed by atoms with van der Waals surface area (Å²) >= 11 is 2.13. The molecule has 2 rings (SSSR count). The lowest BCUT2D eigenvalue weighted by Crippen LogP contribution is -2.26. The van der Waals surface area contributed by atoms with E-state index in [1.165, 1.54) is 30.6 Å². The average molecular weight is 279 g/mol. The number of hydrogen-bond donors (Lipinski definition) is 1. The highest BCUT2D eigenvalue weighted by Crippen LogP contribution is 2.24. The van der Waals surface area contributed by atoms with Gasteiger partial charge >= 0.3 is 0 Å². The fourth-order valence-corrected chi connectivity index (χ4v) is 3.58. The first-order valence-electron chi connectivity index (χ1n) is 7.42. The smallest absolute Gasteiger partial charge is 0.119 e. The van der Waals surface area contributed by atoms with Crippen LogP contribution in [0.3, 0.4) is 0 Å². The van der Waals surface area contributed by atoms with Gasteiger partial charge in [-0.05, 0) is 42.7 Å². The molecule has 1 N–H and O–H groups in total. The molecule has 0 saturated carbocycles. The van der Waals surface area contributed by atoms with Gasteiger partial charge in [0, 0.05) is 18.3 Å². The maximum atomic E-state index is 5.66. The Hall–Kier alpha value is -0.670. The van der Waals surface area contributed by atoms with E-state index < -0.39 is 0 Å². The minimum Gasteiger partial charge on any atom is -0.494 e. The SMILES string of the molecule is CCCOc1cccc(CNCC2CCCCS2)c1. The highest BCUT2D eigenvalue weighted by molar-refractivity contribution is 7.99. The van der Waals surface area contributed by atoms with E-state index in [-0.39, 0.29) is 0 Å². The molecule has 1 saturated heterocycles. The first-order chi connectivity index (χ1) is 9.38. The third-order valence-electron chi connectivity index (χ3n) is 3.35. The summed E-state index contributed by atoms with van der Waals surface area (Å²) in [5, 5.41) is 4.39. The van der Waals surface area contributed by atoms with E-state index in [1.54, 1.807) is 0 Å². The van der Waals surface area contributed by atoms with Crippen molar-refractivity contribution in [1.82, 2.24) is 5.32 Å². The van der Waals surface area contributed by atoms with Gasteiger partial charge in [0.15, 0.2) is 0 Å². The van der Waals surface area contributed by atoms with Crippen LogP contribution >= 0.6 is 11.8 Å². The lowest BCUT2D eigenvalue weighted by atomic mass is 10.2. The lowest BCUT2D eigenvalue weighted by Gasteiger charge is -2.21. The Morgan fingerprint density at radius 2 is 2.32 bits per heavy atom. The van der Waals surface area contributed by atoms with Gasteiger partial charge in [-0.15, -0.1) is 0 Å². The van der Waals surface area contributed by atoms with Crippen molar-refractivity contribution in [3.63, 3.8) is 0 Å². The Kier molecular flexibility index (Phi) is 6.58. The molecule has 0 aromatic heterocycles. The monoisotopic (exact) mass is 279 g/mol. The van der Waals surface area contributed by atoms with Crippen LogP contribution in [0.4, 0.5) is 0 Å². The van der Waals surface area contributed by atoms with Crippen molar-refractivity contribution in [2.24, 2.45) is 0 Å². The van der Waals surface area contributed by atoms with Gasteiger partial charge in [-0.1, -0.05) is 25.5 Å². The second-order valence-corrected chi connectivity index (χ2v) is 6.52. The molecule has 19 heavy (non-hydrogen) atoms. The van der Waals surface area contributed by atoms with Gasteiger partial charge in [0.25, 0.3) is 0 Å². The fourth-order valence-electron chi connectivity index (χ4n) is 2.31. The highest BCUT2D eigenvalue weighted by Gasteiger charge is 2.12. The molecule has 0 aliphatic carbocycles. The zero-order chi connectivity index (χ0) is 13.3. The Balaban J connectivity index is 1.72. The number of rotatable bonds is 7. The van der Waals surface area contributed by atoms with E-state index in [0.717, 1.165) is 37.1 Å². The molecule has 0 amide bonds. The summed E-state index contributed by atoms with van der Waals surface area (Å²) in [6.07, 6.45) is 5.23. The van der Waals surface area contributed by atoms with Gasteiger partial charge in [0.05, 0.1) is 6.61 Å². The number of benzene rings is 1. The second-order valence-electron chi connectivity index (χ2n) is 5.12. The molecule has 0 radical (unpaired) electrons. The van der Waals surface area contributed by atoms with Crippen molar-refractivity contribution in [1.29, 1.82) is 0 Å². The van der Waals surface area contributed by atoms with Crippen molar-refractivity contribution >= 4 is 11.8 Å². The average Bonchev–Trinajstić information content (AvgIpc) is 2.47. The Labute approximate surface area is 121 Å². The van der Waals surface area contributed by atoms with Crippen LogP contribution < -0.4 is 10.1 Å². The molecule has 1 aromatic carbocycles. The van der Waals surface area contributed by atoms with E-state index in [9.17, 15) is 0 Å². The molecule has 0 bridgehead atoms. The second kappa shape index (κ2) is 8.49.